The van der Waals surface area contributed by atoms with Crippen LogP contribution < -0.4 is 5.32 Å². The van der Waals surface area contributed by atoms with Crippen molar-refractivity contribution in [3.8, 4) is 11.1 Å². The number of rotatable bonds is 7. The van der Waals surface area contributed by atoms with Crippen molar-refractivity contribution >= 4 is 45.8 Å². The minimum absolute atomic E-state index is 0.00410. The Hall–Kier alpha value is -4.42. The number of fused-ring (bicyclic) bond motifs is 1. The van der Waals surface area contributed by atoms with Crippen LogP contribution in [-0.2, 0) is 10.3 Å². The first kappa shape index (κ1) is 30.2. The number of nitrogens with zero attached hydrogens (tertiary/aromatic N) is 3. The van der Waals surface area contributed by atoms with Crippen LogP contribution in [0.5, 0.6) is 0 Å². The zero-order valence-corrected chi connectivity index (χ0v) is 27.0. The molecule has 2 heterocycles. The van der Waals surface area contributed by atoms with E-state index in [1.165, 1.54) is 0 Å². The maximum absolute atomic E-state index is 13.8. The number of amides is 1. The van der Waals surface area contributed by atoms with Crippen molar-refractivity contribution in [2.24, 2.45) is 5.92 Å². The third-order valence-electron chi connectivity index (χ3n) is 9.14. The third kappa shape index (κ3) is 5.49. The lowest BCUT2D eigenvalue weighted by Gasteiger charge is -2.37. The van der Waals surface area contributed by atoms with E-state index in [0.29, 0.717) is 15.9 Å². The van der Waals surface area contributed by atoms with Crippen molar-refractivity contribution < 1.29 is 4.79 Å². The predicted molar refractivity (Wildman–Crippen MR) is 189 cm³/mol. The lowest BCUT2D eigenvalue weighted by molar-refractivity contribution is -0.121. The summed E-state index contributed by atoms with van der Waals surface area (Å²) in [6, 6.07) is 42.9. The number of nitrogens with one attached hydrogen (secondary N) is 1. The Kier molecular flexibility index (Phi) is 8.39. The molecule has 0 saturated carbocycles. The second-order valence-corrected chi connectivity index (χ2v) is 12.8. The van der Waals surface area contributed by atoms with Gasteiger partial charge < -0.3 is 10.2 Å². The number of aromatic nitrogens is 2. The van der Waals surface area contributed by atoms with E-state index in [-0.39, 0.29) is 11.8 Å². The molecule has 5 nitrogen and oxygen atoms in total. The van der Waals surface area contributed by atoms with Crippen LogP contribution in [0.2, 0.25) is 10.0 Å². The predicted octanol–water partition coefficient (Wildman–Crippen LogP) is 9.13. The van der Waals surface area contributed by atoms with Gasteiger partial charge in [0.1, 0.15) is 5.54 Å². The molecule has 0 unspecified atom stereocenters. The van der Waals surface area contributed by atoms with E-state index in [1.54, 1.807) is 12.1 Å². The van der Waals surface area contributed by atoms with Gasteiger partial charge in [-0.05, 0) is 85.6 Å². The molecule has 6 aromatic rings. The quantitative estimate of drug-likeness (QED) is 0.176. The van der Waals surface area contributed by atoms with Gasteiger partial charge in [-0.3, -0.25) is 4.79 Å². The molecule has 1 aliphatic heterocycles. The van der Waals surface area contributed by atoms with Crippen LogP contribution in [0.25, 0.3) is 22.0 Å². The molecule has 0 atom stereocenters. The van der Waals surface area contributed by atoms with Crippen molar-refractivity contribution in [2.75, 3.05) is 25.5 Å². The van der Waals surface area contributed by atoms with E-state index in [2.05, 4.69) is 107 Å². The van der Waals surface area contributed by atoms with Gasteiger partial charge in [-0.2, -0.15) is 5.10 Å². The average Bonchev–Trinajstić information content (AvgIpc) is 3.45. The first-order valence-electron chi connectivity index (χ1n) is 15.6. The highest BCUT2D eigenvalue weighted by Gasteiger charge is 2.41. The highest BCUT2D eigenvalue weighted by Crippen LogP contribution is 2.44. The van der Waals surface area contributed by atoms with Gasteiger partial charge in [0, 0.05) is 26.9 Å². The summed E-state index contributed by atoms with van der Waals surface area (Å²) in [5, 5.41) is 10.6. The second-order valence-electron chi connectivity index (χ2n) is 12.0. The summed E-state index contributed by atoms with van der Waals surface area (Å²) in [5.41, 5.74) is 4.87. The molecule has 0 radical (unpaired) electrons. The normalized spacial score (nSPS) is 14.4. The number of likely N-dealkylation sites (tertiary alicyclic amines) is 1. The highest BCUT2D eigenvalue weighted by molar-refractivity contribution is 6.35. The van der Waals surface area contributed by atoms with Gasteiger partial charge in [0.2, 0.25) is 5.91 Å². The van der Waals surface area contributed by atoms with Crippen LogP contribution in [0, 0.1) is 5.92 Å². The van der Waals surface area contributed by atoms with E-state index in [0.717, 1.165) is 64.7 Å². The number of carbonyl (C=O) groups excluding carboxylic acids is 1. The van der Waals surface area contributed by atoms with E-state index >= 15 is 0 Å². The lowest BCUT2D eigenvalue weighted by atomic mass is 9.77. The number of hydrogen-bond acceptors (Lipinski definition) is 3. The minimum Gasteiger partial charge on any atom is -0.308 e. The van der Waals surface area contributed by atoms with Gasteiger partial charge in [-0.25, -0.2) is 4.68 Å². The molecule has 1 fully saturated rings. The molecular weight excluding hydrogens is 611 g/mol. The molecule has 1 aliphatic rings. The molecule has 46 heavy (non-hydrogen) atoms. The molecule has 0 spiro atoms. The first-order chi connectivity index (χ1) is 22.4. The van der Waals surface area contributed by atoms with Crippen LogP contribution in [0.3, 0.4) is 0 Å². The molecule has 0 aliphatic carbocycles. The Bertz CT molecular complexity index is 1890. The van der Waals surface area contributed by atoms with Crippen LogP contribution in [0.4, 0.5) is 5.82 Å². The van der Waals surface area contributed by atoms with Crippen molar-refractivity contribution in [1.82, 2.24) is 14.7 Å². The minimum atomic E-state index is -0.853. The number of hydrogen-bond donors (Lipinski definition) is 1. The SMILES string of the molecule is CN1CCC(C(=O)Nc2nn(C(c3ccccc3)(c3ccccc3)c3ccccc3)c3ccc(-c4cc(Cl)ccc4Cl)cc23)CC1. The lowest BCUT2D eigenvalue weighted by Crippen LogP contribution is -2.39. The Balaban J connectivity index is 1.51. The highest BCUT2D eigenvalue weighted by atomic mass is 35.5. The summed E-state index contributed by atoms with van der Waals surface area (Å²) in [7, 11) is 2.10. The number of benzene rings is 5. The molecular formula is C39H34Cl2N4O. The summed E-state index contributed by atoms with van der Waals surface area (Å²) in [4.78, 5) is 16.1. The van der Waals surface area contributed by atoms with Crippen molar-refractivity contribution in [3.05, 3.63) is 154 Å². The molecule has 1 N–H and O–H groups in total. The fraction of sp³-hybridized carbons (Fsp3) is 0.179. The van der Waals surface area contributed by atoms with Gasteiger partial charge in [0.15, 0.2) is 5.82 Å². The first-order valence-corrected chi connectivity index (χ1v) is 16.4. The van der Waals surface area contributed by atoms with E-state index in [1.807, 2.05) is 30.3 Å². The Morgan fingerprint density at radius 2 is 1.33 bits per heavy atom. The van der Waals surface area contributed by atoms with Crippen molar-refractivity contribution in [1.29, 1.82) is 0 Å². The van der Waals surface area contributed by atoms with Crippen LogP contribution in [0.15, 0.2) is 127 Å². The monoisotopic (exact) mass is 644 g/mol. The Morgan fingerprint density at radius 3 is 1.89 bits per heavy atom. The van der Waals surface area contributed by atoms with Crippen LogP contribution >= 0.6 is 23.2 Å². The van der Waals surface area contributed by atoms with Gasteiger partial charge in [0.05, 0.1) is 5.52 Å². The molecule has 230 valence electrons. The maximum atomic E-state index is 13.8. The Morgan fingerprint density at radius 1 is 0.761 bits per heavy atom. The zero-order valence-electron chi connectivity index (χ0n) is 25.5. The molecule has 7 heteroatoms. The van der Waals surface area contributed by atoms with Gasteiger partial charge in [-0.1, -0.05) is 120 Å². The van der Waals surface area contributed by atoms with E-state index in [4.69, 9.17) is 28.3 Å². The fourth-order valence-corrected chi connectivity index (χ4v) is 7.15. The standard InChI is InChI=1S/C39H34Cl2N4O/c1-44-23-21-27(22-24-44)38(46)42-37-34-25-28(33-26-32(40)18-19-35(33)41)17-20-36(34)45(43-37)39(29-11-5-2-6-12-29,30-13-7-3-8-14-30)31-15-9-4-10-16-31/h2-20,25-27H,21-24H2,1H3,(H,42,43,46). The summed E-state index contributed by atoms with van der Waals surface area (Å²) in [6.07, 6.45) is 1.62. The maximum Gasteiger partial charge on any atom is 0.228 e. The molecule has 5 aromatic carbocycles. The summed E-state index contributed by atoms with van der Waals surface area (Å²) in [5.74, 6) is 0.436. The largest absolute Gasteiger partial charge is 0.308 e. The molecule has 7 rings (SSSR count). The Labute approximate surface area is 279 Å². The van der Waals surface area contributed by atoms with Gasteiger partial charge >= 0.3 is 0 Å². The zero-order chi connectivity index (χ0) is 31.7. The van der Waals surface area contributed by atoms with Crippen molar-refractivity contribution in [2.45, 2.75) is 18.4 Å². The summed E-state index contributed by atoms with van der Waals surface area (Å²) >= 11 is 13.1. The van der Waals surface area contributed by atoms with Crippen LogP contribution in [-0.4, -0.2) is 40.7 Å². The summed E-state index contributed by atoms with van der Waals surface area (Å²) in [6.45, 7) is 1.79. The fourth-order valence-electron chi connectivity index (χ4n) is 6.75. The van der Waals surface area contributed by atoms with Gasteiger partial charge in [0.25, 0.3) is 0 Å². The number of piperidine rings is 1. The summed E-state index contributed by atoms with van der Waals surface area (Å²) < 4.78 is 2.08. The van der Waals surface area contributed by atoms with Gasteiger partial charge in [-0.15, -0.1) is 0 Å². The molecule has 1 aromatic heterocycles. The van der Waals surface area contributed by atoms with Crippen LogP contribution in [0.1, 0.15) is 29.5 Å². The number of anilines is 1. The van der Waals surface area contributed by atoms with Crippen molar-refractivity contribution in [3.63, 3.8) is 0 Å². The second kappa shape index (κ2) is 12.8. The molecule has 1 saturated heterocycles. The van der Waals surface area contributed by atoms with E-state index in [9.17, 15) is 4.79 Å². The number of carbonyl (C=O) groups is 1. The molecule has 0 bridgehead atoms. The van der Waals surface area contributed by atoms with E-state index < -0.39 is 5.54 Å². The number of halogens is 2. The third-order valence-corrected chi connectivity index (χ3v) is 9.71. The topological polar surface area (TPSA) is 50.2 Å². The molecule has 1 amide bonds. The smallest absolute Gasteiger partial charge is 0.228 e. The average molecular weight is 646 g/mol.